The van der Waals surface area contributed by atoms with Crippen molar-refractivity contribution >= 4 is 28.7 Å². The fourth-order valence-electron chi connectivity index (χ4n) is 3.31. The molecule has 2 aromatic heterocycles. The Morgan fingerprint density at radius 1 is 1.13 bits per heavy atom. The fourth-order valence-corrected chi connectivity index (χ4v) is 4.28. The highest BCUT2D eigenvalue weighted by Crippen LogP contribution is 2.30. The van der Waals surface area contributed by atoms with Gasteiger partial charge in [0.2, 0.25) is 5.91 Å². The Balaban J connectivity index is 1.55. The van der Waals surface area contributed by atoms with E-state index in [9.17, 15) is 9.18 Å². The van der Waals surface area contributed by atoms with Gasteiger partial charge in [-0.25, -0.2) is 19.0 Å². The minimum Gasteiger partial charge on any atom is -0.338 e. The number of nitrogens with zero attached hydrogens (tertiary/aromatic N) is 5. The van der Waals surface area contributed by atoms with Crippen LogP contribution in [0.15, 0.2) is 72.1 Å². The maximum Gasteiger partial charge on any atom is 0.236 e. The van der Waals surface area contributed by atoms with Crippen LogP contribution in [-0.4, -0.2) is 42.4 Å². The minimum absolute atomic E-state index is 0.0500. The third-order valence-electron chi connectivity index (χ3n) is 4.95. The molecule has 0 aliphatic carbocycles. The summed E-state index contributed by atoms with van der Waals surface area (Å²) in [5.74, 6) is -0.261. The maximum atomic E-state index is 13.3. The Hall–Kier alpha value is -3.26. The quantitative estimate of drug-likeness (QED) is 0.316. The Kier molecular flexibility index (Phi) is 6.27. The van der Waals surface area contributed by atoms with E-state index in [0.29, 0.717) is 29.5 Å². The number of carbonyl (C=O) groups excluding carboxylic acids is 1. The smallest absolute Gasteiger partial charge is 0.236 e. The van der Waals surface area contributed by atoms with E-state index in [1.807, 2.05) is 49.1 Å². The number of carbonyl (C=O) groups is 1. The molecule has 0 fully saturated rings. The van der Waals surface area contributed by atoms with Crippen LogP contribution in [0.5, 0.6) is 0 Å². The van der Waals surface area contributed by atoms with Crippen molar-refractivity contribution < 1.29 is 9.18 Å². The molecule has 0 saturated carbocycles. The lowest BCUT2D eigenvalue weighted by atomic mass is 10.2. The zero-order chi connectivity index (χ0) is 21.8. The van der Waals surface area contributed by atoms with Crippen molar-refractivity contribution in [3.05, 3.63) is 78.5 Å². The molecule has 0 N–H and O–H groups in total. The first-order valence-electron chi connectivity index (χ1n) is 10.0. The number of hydrogen-bond donors (Lipinski definition) is 0. The highest BCUT2D eigenvalue weighted by Gasteiger charge is 2.23. The Labute approximate surface area is 184 Å². The van der Waals surface area contributed by atoms with Crippen LogP contribution in [0.25, 0.3) is 16.7 Å². The van der Waals surface area contributed by atoms with Gasteiger partial charge >= 0.3 is 0 Å². The summed E-state index contributed by atoms with van der Waals surface area (Å²) in [6.07, 6.45) is 3.14. The maximum absolute atomic E-state index is 13.3. The fraction of sp³-hybridized carbons (Fsp3) is 0.217. The summed E-state index contributed by atoms with van der Waals surface area (Å²) in [6.45, 7) is 5.07. The van der Waals surface area contributed by atoms with E-state index < -0.39 is 0 Å². The molecular formula is C23H22FN5OS. The lowest BCUT2D eigenvalue weighted by Crippen LogP contribution is -2.36. The third-order valence-corrected chi connectivity index (χ3v) is 6.05. The normalized spacial score (nSPS) is 12.1. The van der Waals surface area contributed by atoms with Gasteiger partial charge in [0.1, 0.15) is 17.2 Å². The van der Waals surface area contributed by atoms with E-state index in [2.05, 4.69) is 15.1 Å². The molecule has 0 spiro atoms. The van der Waals surface area contributed by atoms with Gasteiger partial charge in [0.05, 0.1) is 22.5 Å². The van der Waals surface area contributed by atoms with E-state index in [-0.39, 0.29) is 17.0 Å². The second kappa shape index (κ2) is 9.26. The van der Waals surface area contributed by atoms with Crippen molar-refractivity contribution in [1.82, 2.24) is 24.6 Å². The minimum atomic E-state index is -0.323. The number of thioether (sulfide) groups is 1. The zero-order valence-corrected chi connectivity index (χ0v) is 18.1. The van der Waals surface area contributed by atoms with Gasteiger partial charge in [-0.3, -0.25) is 4.79 Å². The van der Waals surface area contributed by atoms with Gasteiger partial charge in [-0.1, -0.05) is 42.1 Å². The number of benzene rings is 2. The topological polar surface area (TPSA) is 63.9 Å². The standard InChI is InChI=1S/C23H22FN5OS/c1-3-28(14-17-7-5-4-6-8-17)23(30)16(2)31-22-20-13-27-29(21(20)25-15-26-22)19-11-9-18(24)10-12-19/h4-13,15-16H,3,14H2,1-2H3. The number of hydrogen-bond acceptors (Lipinski definition) is 5. The average Bonchev–Trinajstić information content (AvgIpc) is 3.23. The largest absolute Gasteiger partial charge is 0.338 e. The molecule has 31 heavy (non-hydrogen) atoms. The van der Waals surface area contributed by atoms with Crippen LogP contribution in [-0.2, 0) is 11.3 Å². The van der Waals surface area contributed by atoms with Crippen LogP contribution in [0, 0.1) is 5.82 Å². The molecule has 0 aliphatic rings. The summed E-state index contributed by atoms with van der Waals surface area (Å²) in [5, 5.41) is 5.52. The van der Waals surface area contributed by atoms with Crippen LogP contribution in [0.4, 0.5) is 4.39 Å². The highest BCUT2D eigenvalue weighted by molar-refractivity contribution is 8.00. The lowest BCUT2D eigenvalue weighted by molar-refractivity contribution is -0.130. The Bertz CT molecular complexity index is 1180. The molecule has 1 unspecified atom stereocenters. The van der Waals surface area contributed by atoms with Crippen molar-refractivity contribution in [2.24, 2.45) is 0 Å². The van der Waals surface area contributed by atoms with Crippen molar-refractivity contribution in [2.45, 2.75) is 30.7 Å². The van der Waals surface area contributed by atoms with Gasteiger partial charge in [0.25, 0.3) is 0 Å². The first-order valence-corrected chi connectivity index (χ1v) is 10.9. The summed E-state index contributed by atoms with van der Waals surface area (Å²) in [7, 11) is 0. The molecule has 0 saturated heterocycles. The Morgan fingerprint density at radius 2 is 1.87 bits per heavy atom. The van der Waals surface area contributed by atoms with Crippen LogP contribution >= 0.6 is 11.8 Å². The van der Waals surface area contributed by atoms with E-state index in [0.717, 1.165) is 10.9 Å². The molecule has 1 amide bonds. The molecule has 4 aromatic rings. The van der Waals surface area contributed by atoms with E-state index in [1.54, 1.807) is 23.0 Å². The van der Waals surface area contributed by atoms with Crippen LogP contribution in [0.2, 0.25) is 0 Å². The first kappa shape index (κ1) is 21.0. The van der Waals surface area contributed by atoms with Crippen LogP contribution in [0.3, 0.4) is 0 Å². The van der Waals surface area contributed by atoms with Gasteiger partial charge in [-0.05, 0) is 43.7 Å². The molecule has 0 radical (unpaired) electrons. The van der Waals surface area contributed by atoms with Gasteiger partial charge < -0.3 is 4.90 Å². The predicted molar refractivity (Wildman–Crippen MR) is 119 cm³/mol. The van der Waals surface area contributed by atoms with Gasteiger partial charge in [0, 0.05) is 13.1 Å². The molecule has 8 heteroatoms. The third kappa shape index (κ3) is 4.59. The molecule has 4 rings (SSSR count). The second-order valence-electron chi connectivity index (χ2n) is 7.05. The van der Waals surface area contributed by atoms with E-state index >= 15 is 0 Å². The highest BCUT2D eigenvalue weighted by atomic mass is 32.2. The molecule has 1 atom stereocenters. The summed E-state index contributed by atoms with van der Waals surface area (Å²) in [5.41, 5.74) is 2.41. The monoisotopic (exact) mass is 435 g/mol. The predicted octanol–water partition coefficient (Wildman–Crippen LogP) is 4.48. The van der Waals surface area contributed by atoms with Gasteiger partial charge in [-0.2, -0.15) is 5.10 Å². The molecule has 158 valence electrons. The summed E-state index contributed by atoms with van der Waals surface area (Å²) < 4.78 is 14.9. The number of rotatable bonds is 7. The van der Waals surface area contributed by atoms with Gasteiger partial charge in [-0.15, -0.1) is 0 Å². The summed E-state index contributed by atoms with van der Waals surface area (Å²) >= 11 is 1.39. The molecule has 0 bridgehead atoms. The molecule has 2 heterocycles. The van der Waals surface area contributed by atoms with Crippen molar-refractivity contribution in [2.75, 3.05) is 6.54 Å². The van der Waals surface area contributed by atoms with Crippen molar-refractivity contribution in [1.29, 1.82) is 0 Å². The Morgan fingerprint density at radius 3 is 2.58 bits per heavy atom. The lowest BCUT2D eigenvalue weighted by Gasteiger charge is -2.24. The first-order chi connectivity index (χ1) is 15.1. The average molecular weight is 436 g/mol. The number of aromatic nitrogens is 4. The number of amides is 1. The second-order valence-corrected chi connectivity index (χ2v) is 8.38. The van der Waals surface area contributed by atoms with E-state index in [1.165, 1.54) is 30.2 Å². The van der Waals surface area contributed by atoms with E-state index in [4.69, 9.17) is 0 Å². The SMILES string of the molecule is CCN(Cc1ccccc1)C(=O)C(C)Sc1ncnc2c1cnn2-c1ccc(F)cc1. The number of fused-ring (bicyclic) bond motifs is 1. The van der Waals surface area contributed by atoms with Crippen molar-refractivity contribution in [3.8, 4) is 5.69 Å². The molecule has 0 aliphatic heterocycles. The van der Waals surface area contributed by atoms with Gasteiger partial charge in [0.15, 0.2) is 5.65 Å². The van der Waals surface area contributed by atoms with Crippen molar-refractivity contribution in [3.63, 3.8) is 0 Å². The molecule has 6 nitrogen and oxygen atoms in total. The number of halogens is 1. The molecular weight excluding hydrogens is 413 g/mol. The molecule has 2 aromatic carbocycles. The van der Waals surface area contributed by atoms with Crippen LogP contribution in [0.1, 0.15) is 19.4 Å². The summed E-state index contributed by atoms with van der Waals surface area (Å²) in [4.78, 5) is 23.7. The van der Waals surface area contributed by atoms with Crippen LogP contribution < -0.4 is 0 Å². The zero-order valence-electron chi connectivity index (χ0n) is 17.3. The summed E-state index contributed by atoms with van der Waals surface area (Å²) in [6, 6.07) is 16.0.